The Balaban J connectivity index is 1.08. The van der Waals surface area contributed by atoms with Crippen molar-refractivity contribution in [1.82, 2.24) is 19.8 Å². The number of hydrogen-bond acceptors (Lipinski definition) is 6. The Labute approximate surface area is 186 Å². The van der Waals surface area contributed by atoms with Crippen molar-refractivity contribution in [2.75, 3.05) is 32.7 Å². The summed E-state index contributed by atoms with van der Waals surface area (Å²) in [6, 6.07) is 20.7. The molecule has 1 saturated heterocycles. The summed E-state index contributed by atoms with van der Waals surface area (Å²) in [7, 11) is 0. The van der Waals surface area contributed by atoms with Crippen LogP contribution < -0.4 is 4.74 Å². The fourth-order valence-electron chi connectivity index (χ4n) is 3.93. The number of nitrogens with zero attached hydrogens (tertiary/aromatic N) is 4. The molecule has 0 spiro atoms. The van der Waals surface area contributed by atoms with E-state index in [1.54, 1.807) is 11.3 Å². The first-order valence-electron chi connectivity index (χ1n) is 10.8. The molecule has 31 heavy (non-hydrogen) atoms. The Morgan fingerprint density at radius 1 is 0.839 bits per heavy atom. The van der Waals surface area contributed by atoms with Gasteiger partial charge in [-0.05, 0) is 47.9 Å². The van der Waals surface area contributed by atoms with Crippen molar-refractivity contribution in [3.8, 4) is 10.9 Å². The first kappa shape index (κ1) is 20.1. The Bertz CT molecular complexity index is 1070. The molecule has 0 amide bonds. The van der Waals surface area contributed by atoms with Crippen LogP contribution in [0.1, 0.15) is 11.1 Å². The lowest BCUT2D eigenvalue weighted by atomic mass is 10.1. The van der Waals surface area contributed by atoms with Gasteiger partial charge in [0.25, 0.3) is 5.19 Å². The third-order valence-electron chi connectivity index (χ3n) is 5.71. The van der Waals surface area contributed by atoms with Crippen LogP contribution in [-0.4, -0.2) is 52.5 Å². The molecule has 0 saturated carbocycles. The molecule has 0 atom stereocenters. The first-order chi connectivity index (χ1) is 15.3. The zero-order valence-electron chi connectivity index (χ0n) is 17.5. The van der Waals surface area contributed by atoms with E-state index in [0.717, 1.165) is 61.7 Å². The van der Waals surface area contributed by atoms with E-state index in [9.17, 15) is 0 Å². The van der Waals surface area contributed by atoms with Crippen LogP contribution in [-0.2, 0) is 13.0 Å². The van der Waals surface area contributed by atoms with E-state index in [1.165, 1.54) is 11.1 Å². The second-order valence-electron chi connectivity index (χ2n) is 7.92. The summed E-state index contributed by atoms with van der Waals surface area (Å²) >= 11 is 1.58. The molecular weight excluding hydrogens is 404 g/mol. The van der Waals surface area contributed by atoms with Crippen LogP contribution >= 0.6 is 11.3 Å². The summed E-state index contributed by atoms with van der Waals surface area (Å²) in [6.07, 6.45) is 4.86. The fraction of sp³-hybridized carbons (Fsp3) is 0.280. The van der Waals surface area contributed by atoms with Crippen molar-refractivity contribution < 1.29 is 4.74 Å². The predicted octanol–water partition coefficient (Wildman–Crippen LogP) is 4.84. The van der Waals surface area contributed by atoms with Crippen LogP contribution in [0.15, 0.2) is 73.1 Å². The average molecular weight is 431 g/mol. The second-order valence-corrected chi connectivity index (χ2v) is 8.92. The molecule has 1 aliphatic rings. The first-order valence-corrected chi connectivity index (χ1v) is 11.6. The number of fused-ring (bicyclic) bond motifs is 1. The van der Waals surface area contributed by atoms with Crippen molar-refractivity contribution >= 4 is 21.6 Å². The maximum absolute atomic E-state index is 5.96. The largest absolute Gasteiger partial charge is 0.431 e. The standard InChI is InChI=1S/C25H26N4OS/c1-2-6-24-23(5-1)27-25(31-24)30-22-9-7-20(8-10-22)11-13-28-14-16-29(17-15-28)19-21-4-3-12-26-18-21/h1-10,12,18H,11,13-17,19H2. The summed E-state index contributed by atoms with van der Waals surface area (Å²) in [5.74, 6) is 0.840. The number of pyridine rings is 1. The molecule has 2 aromatic heterocycles. The highest BCUT2D eigenvalue weighted by atomic mass is 32.1. The van der Waals surface area contributed by atoms with Crippen molar-refractivity contribution in [2.24, 2.45) is 0 Å². The number of piperazine rings is 1. The Kier molecular flexibility index (Phi) is 6.20. The number of hydrogen-bond donors (Lipinski definition) is 0. The topological polar surface area (TPSA) is 41.5 Å². The molecule has 3 heterocycles. The van der Waals surface area contributed by atoms with Gasteiger partial charge in [0.2, 0.25) is 0 Å². The normalized spacial score (nSPS) is 15.4. The Hall–Kier alpha value is -2.80. The van der Waals surface area contributed by atoms with Crippen molar-refractivity contribution in [3.05, 3.63) is 84.2 Å². The van der Waals surface area contributed by atoms with E-state index < -0.39 is 0 Å². The maximum atomic E-state index is 5.96. The zero-order valence-corrected chi connectivity index (χ0v) is 18.3. The third kappa shape index (κ3) is 5.28. The molecule has 5 rings (SSSR count). The van der Waals surface area contributed by atoms with Gasteiger partial charge in [-0.2, -0.15) is 0 Å². The lowest BCUT2D eigenvalue weighted by Crippen LogP contribution is -2.46. The zero-order chi connectivity index (χ0) is 20.9. The van der Waals surface area contributed by atoms with Gasteiger partial charge >= 0.3 is 0 Å². The van der Waals surface area contributed by atoms with E-state index in [0.29, 0.717) is 5.19 Å². The summed E-state index contributed by atoms with van der Waals surface area (Å²) in [6.45, 7) is 6.57. The number of thiazole rings is 1. The van der Waals surface area contributed by atoms with E-state index >= 15 is 0 Å². The highest BCUT2D eigenvalue weighted by Crippen LogP contribution is 2.31. The number of benzene rings is 2. The minimum absolute atomic E-state index is 0.693. The minimum Gasteiger partial charge on any atom is -0.431 e. The van der Waals surface area contributed by atoms with E-state index in [-0.39, 0.29) is 0 Å². The Morgan fingerprint density at radius 2 is 1.65 bits per heavy atom. The fourth-order valence-corrected chi connectivity index (χ4v) is 4.76. The molecule has 5 nitrogen and oxygen atoms in total. The summed E-state index contributed by atoms with van der Waals surface area (Å²) in [4.78, 5) is 13.8. The molecule has 0 N–H and O–H groups in total. The van der Waals surface area contributed by atoms with Gasteiger partial charge in [-0.3, -0.25) is 9.88 Å². The molecule has 0 radical (unpaired) electrons. The summed E-state index contributed by atoms with van der Waals surface area (Å²) < 4.78 is 7.11. The molecule has 0 unspecified atom stereocenters. The highest BCUT2D eigenvalue weighted by molar-refractivity contribution is 7.20. The van der Waals surface area contributed by atoms with Crippen LogP contribution in [0.4, 0.5) is 0 Å². The lowest BCUT2D eigenvalue weighted by molar-refractivity contribution is 0.128. The number of ether oxygens (including phenoxy) is 1. The minimum atomic E-state index is 0.693. The average Bonchev–Trinajstić information content (AvgIpc) is 3.23. The van der Waals surface area contributed by atoms with Gasteiger partial charge in [-0.15, -0.1) is 0 Å². The van der Waals surface area contributed by atoms with Crippen LogP contribution in [0, 0.1) is 0 Å². The molecule has 1 aliphatic heterocycles. The van der Waals surface area contributed by atoms with Gasteiger partial charge in [0.15, 0.2) is 0 Å². The van der Waals surface area contributed by atoms with Crippen LogP contribution in [0.3, 0.4) is 0 Å². The molecule has 0 aliphatic carbocycles. The van der Waals surface area contributed by atoms with Crippen molar-refractivity contribution in [3.63, 3.8) is 0 Å². The van der Waals surface area contributed by atoms with Gasteiger partial charge in [0.05, 0.1) is 10.2 Å². The van der Waals surface area contributed by atoms with E-state index in [2.05, 4.69) is 44.0 Å². The number of para-hydroxylation sites is 1. The summed E-state index contributed by atoms with van der Waals surface area (Å²) in [5, 5.41) is 0.693. The molecule has 1 fully saturated rings. The number of aromatic nitrogens is 2. The highest BCUT2D eigenvalue weighted by Gasteiger charge is 2.16. The number of rotatable bonds is 7. The molecule has 158 valence electrons. The van der Waals surface area contributed by atoms with Gasteiger partial charge in [0.1, 0.15) is 5.75 Å². The smallest absolute Gasteiger partial charge is 0.279 e. The van der Waals surface area contributed by atoms with Crippen LogP contribution in [0.2, 0.25) is 0 Å². The molecule has 6 heteroatoms. The quantitative estimate of drug-likeness (QED) is 0.419. The van der Waals surface area contributed by atoms with E-state index in [4.69, 9.17) is 4.74 Å². The molecular formula is C25H26N4OS. The SMILES string of the molecule is c1cncc(CN2CCN(CCc3ccc(Oc4nc5ccccc5s4)cc3)CC2)c1. The predicted molar refractivity (Wildman–Crippen MR) is 126 cm³/mol. The molecule has 2 aromatic carbocycles. The van der Waals surface area contributed by atoms with Gasteiger partial charge in [-0.25, -0.2) is 4.98 Å². The van der Waals surface area contributed by atoms with E-state index in [1.807, 2.05) is 48.8 Å². The van der Waals surface area contributed by atoms with Crippen LogP contribution in [0.25, 0.3) is 10.2 Å². The van der Waals surface area contributed by atoms with Crippen LogP contribution in [0.5, 0.6) is 10.9 Å². The lowest BCUT2D eigenvalue weighted by Gasteiger charge is -2.34. The molecule has 0 bridgehead atoms. The molecule has 4 aromatic rings. The van der Waals surface area contributed by atoms with Crippen molar-refractivity contribution in [2.45, 2.75) is 13.0 Å². The van der Waals surface area contributed by atoms with Crippen molar-refractivity contribution in [1.29, 1.82) is 0 Å². The van der Waals surface area contributed by atoms with Gasteiger partial charge in [-0.1, -0.05) is 41.7 Å². The monoisotopic (exact) mass is 430 g/mol. The maximum Gasteiger partial charge on any atom is 0.279 e. The second kappa shape index (κ2) is 9.56. The summed E-state index contributed by atoms with van der Waals surface area (Å²) in [5.41, 5.74) is 3.62. The van der Waals surface area contributed by atoms with Gasteiger partial charge < -0.3 is 9.64 Å². The third-order valence-corrected chi connectivity index (χ3v) is 6.63. The van der Waals surface area contributed by atoms with Gasteiger partial charge in [0, 0.05) is 51.7 Å². The Morgan fingerprint density at radius 3 is 2.42 bits per heavy atom.